The van der Waals surface area contributed by atoms with Crippen molar-refractivity contribution < 1.29 is 27.2 Å². The first kappa shape index (κ1) is 21.3. The molecule has 0 bridgehead atoms. The minimum atomic E-state index is -3.20. The molecule has 3 N–H and O–H groups in total. The highest BCUT2D eigenvalue weighted by molar-refractivity contribution is 6.04. The number of hydrogen-bond acceptors (Lipinski definition) is 4. The van der Waals surface area contributed by atoms with Gasteiger partial charge in [0.05, 0.1) is 0 Å². The van der Waals surface area contributed by atoms with Crippen LogP contribution in [0.25, 0.3) is 0 Å². The van der Waals surface area contributed by atoms with Gasteiger partial charge in [-0.2, -0.15) is 13.9 Å². The molecule has 0 spiro atoms. The molecule has 11 heteroatoms. The van der Waals surface area contributed by atoms with Crippen LogP contribution in [0, 0.1) is 18.8 Å². The van der Waals surface area contributed by atoms with E-state index in [1.54, 1.807) is 0 Å². The van der Waals surface area contributed by atoms with Gasteiger partial charge in [0.2, 0.25) is 5.92 Å². The predicted octanol–water partition coefficient (Wildman–Crippen LogP) is 3.48. The molecule has 0 radical (unpaired) electrons. The van der Waals surface area contributed by atoms with Crippen LogP contribution in [0.15, 0.2) is 18.3 Å². The SMILES string of the molecule is Cc1c(C(F)(F)C2CC2)nn(CC2CC(F)(F)C2)c1C(=O)Nc1ccnc(C(N)=O)c1. The van der Waals surface area contributed by atoms with Gasteiger partial charge in [-0.25, -0.2) is 8.78 Å². The van der Waals surface area contributed by atoms with Crippen molar-refractivity contribution in [1.82, 2.24) is 14.8 Å². The van der Waals surface area contributed by atoms with Gasteiger partial charge >= 0.3 is 0 Å². The lowest BCUT2D eigenvalue weighted by Gasteiger charge is -2.35. The zero-order chi connectivity index (χ0) is 22.6. The average Bonchev–Trinajstić information content (AvgIpc) is 3.45. The topological polar surface area (TPSA) is 103 Å². The summed E-state index contributed by atoms with van der Waals surface area (Å²) in [6.45, 7) is 1.31. The number of nitrogens with one attached hydrogen (secondary N) is 1. The van der Waals surface area contributed by atoms with Gasteiger partial charge in [0.15, 0.2) is 0 Å². The fraction of sp³-hybridized carbons (Fsp3) is 0.500. The number of halogens is 4. The normalized spacial score (nSPS) is 18.5. The lowest BCUT2D eigenvalue weighted by molar-refractivity contribution is -0.115. The first-order chi connectivity index (χ1) is 14.5. The van der Waals surface area contributed by atoms with E-state index in [4.69, 9.17) is 5.73 Å². The van der Waals surface area contributed by atoms with Crippen molar-refractivity contribution in [2.24, 2.45) is 17.6 Å². The number of carbonyl (C=O) groups excluding carboxylic acids is 2. The fourth-order valence-electron chi connectivity index (χ4n) is 3.92. The maximum atomic E-state index is 14.8. The maximum Gasteiger partial charge on any atom is 0.294 e. The Morgan fingerprint density at radius 2 is 2.00 bits per heavy atom. The van der Waals surface area contributed by atoms with Gasteiger partial charge in [-0.3, -0.25) is 19.3 Å². The summed E-state index contributed by atoms with van der Waals surface area (Å²) in [6.07, 6.45) is 1.23. The molecule has 2 aliphatic carbocycles. The Kier molecular flexibility index (Phi) is 5.01. The Morgan fingerprint density at radius 3 is 2.58 bits per heavy atom. The summed E-state index contributed by atoms with van der Waals surface area (Å²) < 4.78 is 57.2. The molecule has 0 unspecified atom stereocenters. The molecule has 0 atom stereocenters. The van der Waals surface area contributed by atoms with E-state index in [0.29, 0.717) is 12.8 Å². The summed E-state index contributed by atoms with van der Waals surface area (Å²) in [5.74, 6) is -8.82. The summed E-state index contributed by atoms with van der Waals surface area (Å²) in [6, 6.07) is 2.66. The summed E-state index contributed by atoms with van der Waals surface area (Å²) in [5.41, 5.74) is 4.67. The quantitative estimate of drug-likeness (QED) is 0.645. The molecule has 7 nitrogen and oxygen atoms in total. The number of carbonyl (C=O) groups is 2. The van der Waals surface area contributed by atoms with Gasteiger partial charge in [0, 0.05) is 42.8 Å². The molecule has 2 aromatic rings. The third kappa shape index (κ3) is 4.13. The van der Waals surface area contributed by atoms with E-state index in [0.717, 1.165) is 4.68 Å². The van der Waals surface area contributed by atoms with Gasteiger partial charge in [-0.15, -0.1) is 0 Å². The molecule has 2 aliphatic rings. The number of hydrogen-bond donors (Lipinski definition) is 2. The molecule has 31 heavy (non-hydrogen) atoms. The van der Waals surface area contributed by atoms with E-state index in [1.165, 1.54) is 25.3 Å². The number of pyridine rings is 1. The van der Waals surface area contributed by atoms with Crippen molar-refractivity contribution in [2.45, 2.75) is 51.0 Å². The molecular formula is C20H21F4N5O2. The molecule has 4 rings (SSSR count). The van der Waals surface area contributed by atoms with Crippen LogP contribution in [-0.2, 0) is 12.5 Å². The Hall–Kier alpha value is -2.98. The number of aromatic nitrogens is 3. The van der Waals surface area contributed by atoms with Crippen LogP contribution in [0.4, 0.5) is 23.2 Å². The molecule has 0 aliphatic heterocycles. The minimum Gasteiger partial charge on any atom is -0.364 e. The van der Waals surface area contributed by atoms with Crippen molar-refractivity contribution in [3.8, 4) is 0 Å². The van der Waals surface area contributed by atoms with Crippen LogP contribution in [0.5, 0.6) is 0 Å². The summed E-state index contributed by atoms with van der Waals surface area (Å²) in [4.78, 5) is 28.1. The lowest BCUT2D eigenvalue weighted by atomic mass is 9.81. The van der Waals surface area contributed by atoms with E-state index in [1.807, 2.05) is 0 Å². The zero-order valence-corrected chi connectivity index (χ0v) is 16.7. The third-order valence-electron chi connectivity index (χ3n) is 5.69. The molecular weight excluding hydrogens is 418 g/mol. The van der Waals surface area contributed by atoms with Crippen LogP contribution in [0.1, 0.15) is 57.9 Å². The maximum absolute atomic E-state index is 14.8. The molecule has 0 saturated heterocycles. The number of anilines is 1. The third-order valence-corrected chi connectivity index (χ3v) is 5.69. The van der Waals surface area contributed by atoms with Gasteiger partial charge in [-0.05, 0) is 37.8 Å². The van der Waals surface area contributed by atoms with Gasteiger partial charge < -0.3 is 11.1 Å². The van der Waals surface area contributed by atoms with E-state index >= 15 is 0 Å². The largest absolute Gasteiger partial charge is 0.364 e. The molecule has 2 heterocycles. The zero-order valence-electron chi connectivity index (χ0n) is 16.7. The highest BCUT2D eigenvalue weighted by Crippen LogP contribution is 2.50. The molecule has 2 saturated carbocycles. The van der Waals surface area contributed by atoms with Crippen molar-refractivity contribution in [3.63, 3.8) is 0 Å². The van der Waals surface area contributed by atoms with E-state index in [9.17, 15) is 27.2 Å². The second-order valence-electron chi connectivity index (χ2n) is 8.28. The predicted molar refractivity (Wildman–Crippen MR) is 102 cm³/mol. The van der Waals surface area contributed by atoms with Gasteiger partial charge in [0.25, 0.3) is 17.7 Å². The highest BCUT2D eigenvalue weighted by atomic mass is 19.3. The fourth-order valence-corrected chi connectivity index (χ4v) is 3.92. The Balaban J connectivity index is 1.65. The van der Waals surface area contributed by atoms with E-state index in [-0.39, 0.29) is 42.0 Å². The Bertz CT molecular complexity index is 1040. The minimum absolute atomic E-state index is 0.00432. The highest BCUT2D eigenvalue weighted by Gasteiger charge is 2.52. The molecule has 2 amide bonds. The van der Waals surface area contributed by atoms with Crippen LogP contribution in [0.2, 0.25) is 0 Å². The first-order valence-corrected chi connectivity index (χ1v) is 9.88. The number of primary amides is 1. The van der Waals surface area contributed by atoms with Crippen LogP contribution < -0.4 is 11.1 Å². The van der Waals surface area contributed by atoms with Crippen molar-refractivity contribution in [2.75, 3.05) is 5.32 Å². The number of rotatable bonds is 7. The number of nitrogens with zero attached hydrogens (tertiary/aromatic N) is 3. The molecule has 0 aromatic carbocycles. The van der Waals surface area contributed by atoms with Crippen molar-refractivity contribution in [1.29, 1.82) is 0 Å². The smallest absolute Gasteiger partial charge is 0.294 e. The van der Waals surface area contributed by atoms with E-state index < -0.39 is 41.2 Å². The van der Waals surface area contributed by atoms with E-state index in [2.05, 4.69) is 15.4 Å². The van der Waals surface area contributed by atoms with Crippen molar-refractivity contribution in [3.05, 3.63) is 41.0 Å². The number of nitrogens with two attached hydrogens (primary N) is 1. The molecule has 166 valence electrons. The number of alkyl halides is 4. The van der Waals surface area contributed by atoms with Crippen molar-refractivity contribution >= 4 is 17.5 Å². The lowest BCUT2D eigenvalue weighted by Crippen LogP contribution is -2.38. The van der Waals surface area contributed by atoms with Crippen LogP contribution in [-0.4, -0.2) is 32.5 Å². The first-order valence-electron chi connectivity index (χ1n) is 9.88. The average molecular weight is 439 g/mol. The second kappa shape index (κ2) is 7.31. The summed E-state index contributed by atoms with van der Waals surface area (Å²) in [5, 5.41) is 6.52. The van der Waals surface area contributed by atoms with Gasteiger partial charge in [-0.1, -0.05) is 0 Å². The van der Waals surface area contributed by atoms with Gasteiger partial charge in [0.1, 0.15) is 17.1 Å². The van der Waals surface area contributed by atoms with Crippen LogP contribution in [0.3, 0.4) is 0 Å². The molecule has 2 aromatic heterocycles. The summed E-state index contributed by atoms with van der Waals surface area (Å²) in [7, 11) is 0. The Morgan fingerprint density at radius 1 is 1.32 bits per heavy atom. The molecule has 2 fully saturated rings. The van der Waals surface area contributed by atoms with Crippen LogP contribution >= 0.6 is 0 Å². The summed E-state index contributed by atoms with van der Waals surface area (Å²) >= 11 is 0. The standard InChI is InChI=1S/C20H21F4N5O2/c1-10-15(18(31)27-13-4-5-26-14(6-13)17(25)30)29(9-11-7-19(21,22)8-11)28-16(10)20(23,24)12-2-3-12/h4-6,11-12H,2-3,7-9H2,1H3,(H2,25,30)(H,26,27,31). The monoisotopic (exact) mass is 439 g/mol. The second-order valence-corrected chi connectivity index (χ2v) is 8.28. The number of amides is 2. The Labute approximate surface area is 175 Å².